The van der Waals surface area contributed by atoms with Gasteiger partial charge in [0, 0.05) is 38.3 Å². The van der Waals surface area contributed by atoms with Crippen LogP contribution >= 0.6 is 23.2 Å². The van der Waals surface area contributed by atoms with Gasteiger partial charge in [-0.3, -0.25) is 4.90 Å². The maximum Gasteiger partial charge on any atom is 0.228 e. The third-order valence-corrected chi connectivity index (χ3v) is 7.65. The average Bonchev–Trinajstić information content (AvgIpc) is 3.30. The highest BCUT2D eigenvalue weighted by atomic mass is 35.5. The van der Waals surface area contributed by atoms with Crippen molar-refractivity contribution in [1.82, 2.24) is 24.6 Å². The van der Waals surface area contributed by atoms with E-state index < -0.39 is 5.82 Å². The van der Waals surface area contributed by atoms with Crippen LogP contribution in [0.5, 0.6) is 0 Å². The largest absolute Gasteiger partial charge is 0.383 e. The number of hydrogen-bond acceptors (Lipinski definition) is 6. The zero-order valence-corrected chi connectivity index (χ0v) is 22.6. The quantitative estimate of drug-likeness (QED) is 0.279. The van der Waals surface area contributed by atoms with Gasteiger partial charge in [-0.25, -0.2) is 14.1 Å². The smallest absolute Gasteiger partial charge is 0.228 e. The third kappa shape index (κ3) is 5.15. The second kappa shape index (κ2) is 10.8. The van der Waals surface area contributed by atoms with Crippen LogP contribution in [0.15, 0.2) is 72.8 Å². The van der Waals surface area contributed by atoms with E-state index in [4.69, 9.17) is 44.0 Å². The molecule has 0 saturated carbocycles. The first-order chi connectivity index (χ1) is 19.0. The number of aromatic nitrogens is 4. The summed E-state index contributed by atoms with van der Waals surface area (Å²) in [5.41, 5.74) is 10.2. The number of anilines is 2. The number of halogens is 3. The Hall–Kier alpha value is -3.72. The van der Waals surface area contributed by atoms with Gasteiger partial charge in [0.25, 0.3) is 0 Å². The minimum atomic E-state index is -0.503. The molecular formula is C29H26Cl2FN7. The molecule has 2 aromatic heterocycles. The fourth-order valence-corrected chi connectivity index (χ4v) is 5.30. The number of fused-ring (bicyclic) bond motifs is 1. The number of nitrogens with zero attached hydrogens (tertiary/aromatic N) is 6. The van der Waals surface area contributed by atoms with E-state index in [2.05, 4.69) is 34.1 Å². The predicted octanol–water partition coefficient (Wildman–Crippen LogP) is 5.88. The molecule has 0 bridgehead atoms. The van der Waals surface area contributed by atoms with Crippen LogP contribution in [-0.2, 0) is 6.42 Å². The van der Waals surface area contributed by atoms with Gasteiger partial charge in [-0.15, -0.1) is 5.10 Å². The Morgan fingerprint density at radius 1 is 0.846 bits per heavy atom. The summed E-state index contributed by atoms with van der Waals surface area (Å²) in [6.07, 6.45) is 1.01. The Kier molecular flexibility index (Phi) is 7.08. The molecule has 3 heterocycles. The molecule has 0 amide bonds. The van der Waals surface area contributed by atoms with Gasteiger partial charge < -0.3 is 10.6 Å². The maximum absolute atomic E-state index is 14.0. The zero-order chi connectivity index (χ0) is 26.9. The Morgan fingerprint density at radius 2 is 1.59 bits per heavy atom. The van der Waals surface area contributed by atoms with Crippen molar-refractivity contribution < 1.29 is 4.39 Å². The van der Waals surface area contributed by atoms with Gasteiger partial charge in [-0.05, 0) is 42.3 Å². The Balaban J connectivity index is 1.34. The predicted molar refractivity (Wildman–Crippen MR) is 155 cm³/mol. The summed E-state index contributed by atoms with van der Waals surface area (Å²) in [5.74, 6) is 0.382. The lowest BCUT2D eigenvalue weighted by Gasteiger charge is -2.34. The Labute approximate surface area is 235 Å². The van der Waals surface area contributed by atoms with Gasteiger partial charge >= 0.3 is 0 Å². The summed E-state index contributed by atoms with van der Waals surface area (Å²) in [6, 6.07) is 22.3. The third-order valence-electron chi connectivity index (χ3n) is 7.05. The van der Waals surface area contributed by atoms with Crippen molar-refractivity contribution in [1.29, 1.82) is 0 Å². The minimum absolute atomic E-state index is 0.00455. The van der Waals surface area contributed by atoms with Gasteiger partial charge in [0.2, 0.25) is 5.95 Å². The maximum atomic E-state index is 14.0. The molecule has 1 fully saturated rings. The summed E-state index contributed by atoms with van der Waals surface area (Å²) in [5, 5.41) is 5.78. The summed E-state index contributed by atoms with van der Waals surface area (Å²) >= 11 is 12.6. The molecule has 0 atom stereocenters. The molecule has 10 heteroatoms. The molecule has 5 aromatic rings. The van der Waals surface area contributed by atoms with Crippen LogP contribution in [0.4, 0.5) is 16.2 Å². The van der Waals surface area contributed by atoms with Crippen LogP contribution in [0.2, 0.25) is 10.0 Å². The number of hydrogen-bond donors (Lipinski definition) is 1. The number of nitrogen functional groups attached to an aromatic ring is 1. The summed E-state index contributed by atoms with van der Waals surface area (Å²) in [4.78, 5) is 14.3. The van der Waals surface area contributed by atoms with Crippen LogP contribution < -0.4 is 10.6 Å². The molecule has 6 rings (SSSR count). The molecular weight excluding hydrogens is 536 g/mol. The molecule has 0 spiro atoms. The van der Waals surface area contributed by atoms with E-state index in [9.17, 15) is 4.39 Å². The summed E-state index contributed by atoms with van der Waals surface area (Å²) in [7, 11) is 0. The molecule has 1 aliphatic heterocycles. The topological polar surface area (TPSA) is 76.1 Å². The average molecular weight is 562 g/mol. The standard InChI is InChI=1S/C29H26Cl2FN7/c30-21-8-4-5-9-24(21)39-27(33)25-26(20-10-11-23(32)22(31)18-20)34-29(35-28(25)36-39)38-16-14-37(15-17-38)13-12-19-6-2-1-3-7-19/h1-11,18H,12-17,33H2. The van der Waals surface area contributed by atoms with Crippen LogP contribution in [0.1, 0.15) is 5.56 Å². The van der Waals surface area contributed by atoms with E-state index >= 15 is 0 Å². The number of benzene rings is 3. The van der Waals surface area contributed by atoms with E-state index in [1.54, 1.807) is 22.9 Å². The lowest BCUT2D eigenvalue weighted by atomic mass is 10.1. The van der Waals surface area contributed by atoms with Crippen molar-refractivity contribution in [2.24, 2.45) is 0 Å². The Bertz CT molecular complexity index is 1630. The molecule has 198 valence electrons. The van der Waals surface area contributed by atoms with Gasteiger partial charge in [-0.1, -0.05) is 65.7 Å². The first-order valence-electron chi connectivity index (χ1n) is 12.8. The number of nitrogens with two attached hydrogens (primary N) is 1. The van der Waals surface area contributed by atoms with E-state index in [1.807, 2.05) is 24.3 Å². The van der Waals surface area contributed by atoms with Crippen molar-refractivity contribution in [3.63, 3.8) is 0 Å². The molecule has 1 saturated heterocycles. The fraction of sp³-hybridized carbons (Fsp3) is 0.207. The van der Waals surface area contributed by atoms with Crippen molar-refractivity contribution in [3.8, 4) is 16.9 Å². The minimum Gasteiger partial charge on any atom is -0.383 e. The highest BCUT2D eigenvalue weighted by Gasteiger charge is 2.25. The number of piperazine rings is 1. The SMILES string of the molecule is Nc1c2c(-c3ccc(F)c(Cl)c3)nc(N3CCN(CCc4ccccc4)CC3)nc2nn1-c1ccccc1Cl. The van der Waals surface area contributed by atoms with Gasteiger partial charge in [0.1, 0.15) is 11.6 Å². The molecule has 0 unspecified atom stereocenters. The van der Waals surface area contributed by atoms with Gasteiger partial charge in [0.05, 0.1) is 26.8 Å². The second-order valence-electron chi connectivity index (χ2n) is 9.51. The van der Waals surface area contributed by atoms with E-state index in [0.29, 0.717) is 44.8 Å². The van der Waals surface area contributed by atoms with Crippen LogP contribution in [0, 0.1) is 5.82 Å². The van der Waals surface area contributed by atoms with Crippen molar-refractivity contribution in [2.45, 2.75) is 6.42 Å². The van der Waals surface area contributed by atoms with E-state index in [-0.39, 0.29) is 5.02 Å². The summed E-state index contributed by atoms with van der Waals surface area (Å²) < 4.78 is 15.6. The van der Waals surface area contributed by atoms with Gasteiger partial charge in [-0.2, -0.15) is 4.98 Å². The number of para-hydroxylation sites is 1. The monoisotopic (exact) mass is 561 g/mol. The zero-order valence-electron chi connectivity index (χ0n) is 21.1. The molecule has 1 aliphatic rings. The fourth-order valence-electron chi connectivity index (χ4n) is 4.90. The van der Waals surface area contributed by atoms with Crippen LogP contribution in [-0.4, -0.2) is 57.4 Å². The van der Waals surface area contributed by atoms with Crippen molar-refractivity contribution in [2.75, 3.05) is 43.4 Å². The second-order valence-corrected chi connectivity index (χ2v) is 10.3. The van der Waals surface area contributed by atoms with E-state index in [1.165, 1.54) is 11.6 Å². The first-order valence-corrected chi connectivity index (χ1v) is 13.5. The molecule has 2 N–H and O–H groups in total. The van der Waals surface area contributed by atoms with Gasteiger partial charge in [0.15, 0.2) is 5.65 Å². The Morgan fingerprint density at radius 3 is 2.33 bits per heavy atom. The lowest BCUT2D eigenvalue weighted by Crippen LogP contribution is -2.47. The summed E-state index contributed by atoms with van der Waals surface area (Å²) in [6.45, 7) is 4.31. The van der Waals surface area contributed by atoms with Crippen LogP contribution in [0.25, 0.3) is 28.0 Å². The highest BCUT2D eigenvalue weighted by Crippen LogP contribution is 2.36. The van der Waals surface area contributed by atoms with Crippen LogP contribution in [0.3, 0.4) is 0 Å². The normalized spacial score (nSPS) is 14.3. The molecule has 0 aliphatic carbocycles. The lowest BCUT2D eigenvalue weighted by molar-refractivity contribution is 0.260. The van der Waals surface area contributed by atoms with E-state index in [0.717, 1.165) is 39.1 Å². The molecule has 7 nitrogen and oxygen atoms in total. The number of rotatable bonds is 6. The first kappa shape index (κ1) is 25.6. The molecule has 3 aromatic carbocycles. The molecule has 0 radical (unpaired) electrons. The highest BCUT2D eigenvalue weighted by molar-refractivity contribution is 6.32. The van der Waals surface area contributed by atoms with Crippen molar-refractivity contribution in [3.05, 3.63) is 94.2 Å². The van der Waals surface area contributed by atoms with Crippen molar-refractivity contribution >= 4 is 46.0 Å². The molecule has 39 heavy (non-hydrogen) atoms.